The molecule has 0 unspecified atom stereocenters. The monoisotopic (exact) mass is 474 g/mol. The molecule has 1 heterocycles. The van der Waals surface area contributed by atoms with Gasteiger partial charge in [0.1, 0.15) is 0 Å². The average molecular weight is 474 g/mol. The molecule has 0 saturated heterocycles. The van der Waals surface area contributed by atoms with Gasteiger partial charge in [0.15, 0.2) is 5.60 Å². The van der Waals surface area contributed by atoms with Crippen LogP contribution < -0.4 is 4.74 Å². The molecule has 34 heavy (non-hydrogen) atoms. The lowest BCUT2D eigenvalue weighted by Gasteiger charge is -2.39. The van der Waals surface area contributed by atoms with Gasteiger partial charge in [-0.25, -0.2) is 14.8 Å². The highest BCUT2D eigenvalue weighted by atomic mass is 19.4. The lowest BCUT2D eigenvalue weighted by atomic mass is 9.80. The van der Waals surface area contributed by atoms with E-state index in [2.05, 4.69) is 9.97 Å². The number of benzene rings is 2. The van der Waals surface area contributed by atoms with Crippen molar-refractivity contribution in [2.45, 2.75) is 45.1 Å². The first kappa shape index (κ1) is 25.2. The first-order chi connectivity index (χ1) is 16.1. The van der Waals surface area contributed by atoms with Crippen LogP contribution in [0.15, 0.2) is 60.7 Å². The topological polar surface area (TPSA) is 81.5 Å². The summed E-state index contributed by atoms with van der Waals surface area (Å²) in [4.78, 5) is 21.0. The van der Waals surface area contributed by atoms with Crippen molar-refractivity contribution in [2.24, 2.45) is 0 Å². The van der Waals surface area contributed by atoms with Gasteiger partial charge >= 0.3 is 18.2 Å². The molecule has 6 nitrogen and oxygen atoms in total. The van der Waals surface area contributed by atoms with Gasteiger partial charge in [-0.3, -0.25) is 0 Å². The SMILES string of the molecule is CCCO[C@](c1ccccc1)(c1ccc(C(F)(F)F)cc1)[C@@H](Oc1nc(C)cc(C)n1)C(=O)O. The van der Waals surface area contributed by atoms with Crippen LogP contribution >= 0.6 is 0 Å². The molecule has 3 rings (SSSR count). The zero-order chi connectivity index (χ0) is 24.9. The van der Waals surface area contributed by atoms with E-state index in [1.54, 1.807) is 50.2 Å². The molecule has 0 bridgehead atoms. The maximum absolute atomic E-state index is 13.2. The molecule has 2 atom stereocenters. The van der Waals surface area contributed by atoms with Crippen LogP contribution in [0.4, 0.5) is 13.2 Å². The number of nitrogens with zero attached hydrogens (tertiary/aromatic N) is 2. The van der Waals surface area contributed by atoms with Crippen LogP contribution in [0.5, 0.6) is 6.01 Å². The summed E-state index contributed by atoms with van der Waals surface area (Å²) in [5, 5.41) is 10.3. The summed E-state index contributed by atoms with van der Waals surface area (Å²) >= 11 is 0. The van der Waals surface area contributed by atoms with Gasteiger partial charge in [-0.05, 0) is 49.6 Å². The van der Waals surface area contributed by atoms with Gasteiger partial charge in [0.2, 0.25) is 6.10 Å². The second-order valence-corrected chi connectivity index (χ2v) is 7.79. The number of carboxylic acids is 1. The Morgan fingerprint density at radius 2 is 1.47 bits per heavy atom. The van der Waals surface area contributed by atoms with Crippen LogP contribution in [0.25, 0.3) is 0 Å². The smallest absolute Gasteiger partial charge is 0.416 e. The quantitative estimate of drug-likeness (QED) is 0.452. The minimum Gasteiger partial charge on any atom is -0.478 e. The number of alkyl halides is 3. The molecule has 0 aliphatic carbocycles. The Morgan fingerprint density at radius 1 is 0.941 bits per heavy atom. The summed E-state index contributed by atoms with van der Waals surface area (Å²) in [6.07, 6.45) is -5.73. The lowest BCUT2D eigenvalue weighted by molar-refractivity contribution is -0.164. The van der Waals surface area contributed by atoms with E-state index in [0.717, 1.165) is 12.1 Å². The zero-order valence-corrected chi connectivity index (χ0v) is 19.0. The number of aliphatic carboxylic acids is 1. The molecule has 0 radical (unpaired) electrons. The molecule has 0 saturated carbocycles. The molecule has 9 heteroatoms. The fraction of sp³-hybridized carbons (Fsp3) is 0.320. The van der Waals surface area contributed by atoms with E-state index in [1.165, 1.54) is 12.1 Å². The van der Waals surface area contributed by atoms with Crippen molar-refractivity contribution in [1.82, 2.24) is 9.97 Å². The highest BCUT2D eigenvalue weighted by Gasteiger charge is 2.50. The standard InChI is InChI=1S/C25H25F3N2O4/c1-4-14-33-24(18-8-6-5-7-9-18,19-10-12-20(13-11-19)25(26,27)28)21(22(31)32)34-23-29-16(2)15-17(3)30-23/h5-13,15,21H,4,14H2,1-3H3,(H,31,32)/t21-,24+/m0/s1. The van der Waals surface area contributed by atoms with Gasteiger partial charge in [0.05, 0.1) is 5.56 Å². The third-order valence-electron chi connectivity index (χ3n) is 5.16. The molecule has 0 aliphatic rings. The van der Waals surface area contributed by atoms with Gasteiger partial charge < -0.3 is 14.6 Å². The minimum atomic E-state index is -4.55. The Balaban J connectivity index is 2.25. The first-order valence-corrected chi connectivity index (χ1v) is 10.7. The number of rotatable bonds is 9. The third kappa shape index (κ3) is 5.36. The summed E-state index contributed by atoms with van der Waals surface area (Å²) in [5.74, 6) is -1.39. The molecule has 3 aromatic rings. The van der Waals surface area contributed by atoms with E-state index in [0.29, 0.717) is 23.4 Å². The van der Waals surface area contributed by atoms with Gasteiger partial charge in [-0.15, -0.1) is 0 Å². The van der Waals surface area contributed by atoms with Crippen LogP contribution in [-0.2, 0) is 21.3 Å². The van der Waals surface area contributed by atoms with Crippen LogP contribution in [0.2, 0.25) is 0 Å². The van der Waals surface area contributed by atoms with Crippen molar-refractivity contribution in [1.29, 1.82) is 0 Å². The van der Waals surface area contributed by atoms with E-state index >= 15 is 0 Å². The van der Waals surface area contributed by atoms with Gasteiger partial charge in [-0.1, -0.05) is 49.4 Å². The maximum atomic E-state index is 13.2. The molecule has 0 amide bonds. The summed E-state index contributed by atoms with van der Waals surface area (Å²) in [5.41, 5.74) is -0.910. The Hall–Kier alpha value is -3.46. The highest BCUT2D eigenvalue weighted by Crippen LogP contribution is 2.40. The van der Waals surface area contributed by atoms with E-state index < -0.39 is 29.4 Å². The van der Waals surface area contributed by atoms with E-state index in [-0.39, 0.29) is 18.2 Å². The predicted molar refractivity (Wildman–Crippen MR) is 118 cm³/mol. The zero-order valence-electron chi connectivity index (χ0n) is 19.0. The maximum Gasteiger partial charge on any atom is 0.416 e. The van der Waals surface area contributed by atoms with E-state index in [1.807, 2.05) is 6.92 Å². The Labute approximate surface area is 195 Å². The fourth-order valence-corrected chi connectivity index (χ4v) is 3.73. The van der Waals surface area contributed by atoms with Gasteiger partial charge in [-0.2, -0.15) is 13.2 Å². The summed E-state index contributed by atoms with van der Waals surface area (Å²) in [6.45, 7) is 5.39. The molecule has 1 aromatic heterocycles. The van der Waals surface area contributed by atoms with Crippen molar-refractivity contribution >= 4 is 5.97 Å². The number of halogens is 3. The van der Waals surface area contributed by atoms with Crippen LogP contribution in [0.1, 0.15) is 41.4 Å². The molecule has 2 aromatic carbocycles. The molecular weight excluding hydrogens is 449 g/mol. The number of hydrogen-bond acceptors (Lipinski definition) is 5. The molecule has 0 fully saturated rings. The van der Waals surface area contributed by atoms with Crippen molar-refractivity contribution in [2.75, 3.05) is 6.61 Å². The third-order valence-corrected chi connectivity index (χ3v) is 5.16. The Kier molecular flexibility index (Phi) is 7.56. The number of aryl methyl sites for hydroxylation is 2. The highest BCUT2D eigenvalue weighted by molar-refractivity contribution is 5.76. The molecule has 0 aliphatic heterocycles. The summed E-state index contributed by atoms with van der Waals surface area (Å²) < 4.78 is 51.7. The number of hydrogen-bond donors (Lipinski definition) is 1. The second kappa shape index (κ2) is 10.2. The van der Waals surface area contributed by atoms with Crippen molar-refractivity contribution < 1.29 is 32.5 Å². The average Bonchev–Trinajstić information content (AvgIpc) is 2.78. The number of aromatic nitrogens is 2. The molecule has 0 spiro atoms. The Bertz CT molecular complexity index is 1100. The summed E-state index contributed by atoms with van der Waals surface area (Å²) in [6, 6.07) is 14.2. The summed E-state index contributed by atoms with van der Waals surface area (Å²) in [7, 11) is 0. The second-order valence-electron chi connectivity index (χ2n) is 7.79. The van der Waals surface area contributed by atoms with Crippen molar-refractivity contribution in [3.63, 3.8) is 0 Å². The van der Waals surface area contributed by atoms with Gasteiger partial charge in [0, 0.05) is 18.0 Å². The Morgan fingerprint density at radius 3 is 1.97 bits per heavy atom. The van der Waals surface area contributed by atoms with Crippen molar-refractivity contribution in [3.8, 4) is 6.01 Å². The normalized spacial score (nSPS) is 14.3. The van der Waals surface area contributed by atoms with Crippen molar-refractivity contribution in [3.05, 3.63) is 88.7 Å². The minimum absolute atomic E-state index is 0.122. The van der Waals surface area contributed by atoms with Crippen LogP contribution in [-0.4, -0.2) is 33.8 Å². The number of ether oxygens (including phenoxy) is 2. The number of carboxylic acid groups (broad SMARTS) is 1. The van der Waals surface area contributed by atoms with Crippen LogP contribution in [0.3, 0.4) is 0 Å². The van der Waals surface area contributed by atoms with Gasteiger partial charge in [0.25, 0.3) is 0 Å². The molecule has 180 valence electrons. The van der Waals surface area contributed by atoms with E-state index in [4.69, 9.17) is 9.47 Å². The number of carbonyl (C=O) groups is 1. The predicted octanol–water partition coefficient (Wildman–Crippen LogP) is 5.31. The molecular formula is C25H25F3N2O4. The van der Waals surface area contributed by atoms with Crippen LogP contribution in [0, 0.1) is 13.8 Å². The fourth-order valence-electron chi connectivity index (χ4n) is 3.73. The first-order valence-electron chi connectivity index (χ1n) is 10.7. The van der Waals surface area contributed by atoms with E-state index in [9.17, 15) is 23.1 Å². The largest absolute Gasteiger partial charge is 0.478 e. The molecule has 1 N–H and O–H groups in total. The lowest BCUT2D eigenvalue weighted by Crippen LogP contribution is -2.51.